The molecule has 0 aromatic heterocycles. The zero-order chi connectivity index (χ0) is 14.8. The molecule has 2 atom stereocenters. The summed E-state index contributed by atoms with van der Waals surface area (Å²) in [5.41, 5.74) is 2.31. The van der Waals surface area contributed by atoms with Crippen molar-refractivity contribution >= 4 is 11.4 Å². The van der Waals surface area contributed by atoms with Gasteiger partial charge in [0.15, 0.2) is 11.5 Å². The first-order valence-electron chi connectivity index (χ1n) is 7.62. The molecule has 0 amide bonds. The quantitative estimate of drug-likeness (QED) is 0.923. The number of hydrogen-bond acceptors (Lipinski definition) is 5. The van der Waals surface area contributed by atoms with Crippen molar-refractivity contribution in [2.75, 3.05) is 50.7 Å². The molecule has 5 nitrogen and oxygen atoms in total. The average Bonchev–Trinajstić information content (AvgIpc) is 2.93. The Morgan fingerprint density at radius 1 is 1.24 bits per heavy atom. The lowest BCUT2D eigenvalue weighted by Crippen LogP contribution is -2.41. The van der Waals surface area contributed by atoms with Gasteiger partial charge < -0.3 is 24.4 Å². The Morgan fingerprint density at radius 3 is 2.71 bits per heavy atom. The molecule has 1 aromatic carbocycles. The van der Waals surface area contributed by atoms with E-state index in [4.69, 9.17) is 14.2 Å². The molecule has 0 aliphatic carbocycles. The van der Waals surface area contributed by atoms with Gasteiger partial charge in [0.25, 0.3) is 0 Å². The SMILES string of the molecule is CCCN1c2cc(OC)c(OC)cc2NCC2COCC21. The van der Waals surface area contributed by atoms with Crippen LogP contribution in [0.2, 0.25) is 0 Å². The van der Waals surface area contributed by atoms with Crippen molar-refractivity contribution in [2.24, 2.45) is 5.92 Å². The van der Waals surface area contributed by atoms with Crippen molar-refractivity contribution in [2.45, 2.75) is 19.4 Å². The monoisotopic (exact) mass is 292 g/mol. The van der Waals surface area contributed by atoms with Crippen molar-refractivity contribution in [1.29, 1.82) is 0 Å². The summed E-state index contributed by atoms with van der Waals surface area (Å²) in [5, 5.41) is 3.55. The Labute approximate surface area is 126 Å². The summed E-state index contributed by atoms with van der Waals surface area (Å²) >= 11 is 0. The Bertz CT molecular complexity index is 507. The van der Waals surface area contributed by atoms with Crippen LogP contribution in [0.3, 0.4) is 0 Å². The molecule has 0 spiro atoms. The first kappa shape index (κ1) is 14.3. The van der Waals surface area contributed by atoms with Gasteiger partial charge in [-0.2, -0.15) is 0 Å². The number of hydrogen-bond donors (Lipinski definition) is 1. The number of methoxy groups -OCH3 is 2. The lowest BCUT2D eigenvalue weighted by Gasteiger charge is -2.32. The third-order valence-electron chi connectivity index (χ3n) is 4.40. The van der Waals surface area contributed by atoms with Gasteiger partial charge in [-0.25, -0.2) is 0 Å². The summed E-state index contributed by atoms with van der Waals surface area (Å²) in [7, 11) is 3.35. The van der Waals surface area contributed by atoms with Gasteiger partial charge in [0.1, 0.15) is 0 Å². The molecule has 0 bridgehead atoms. The number of ether oxygens (including phenoxy) is 3. The Morgan fingerprint density at radius 2 is 2.00 bits per heavy atom. The van der Waals surface area contributed by atoms with Crippen LogP contribution in [0.1, 0.15) is 13.3 Å². The molecule has 1 saturated heterocycles. The molecule has 2 heterocycles. The summed E-state index contributed by atoms with van der Waals surface area (Å²) in [6.45, 7) is 5.81. The lowest BCUT2D eigenvalue weighted by atomic mass is 10.0. The van der Waals surface area contributed by atoms with Crippen LogP contribution < -0.4 is 19.7 Å². The molecule has 1 aromatic rings. The van der Waals surface area contributed by atoms with E-state index in [2.05, 4.69) is 23.2 Å². The number of nitrogens with zero attached hydrogens (tertiary/aromatic N) is 1. The zero-order valence-corrected chi connectivity index (χ0v) is 13.0. The third-order valence-corrected chi connectivity index (χ3v) is 4.40. The largest absolute Gasteiger partial charge is 0.493 e. The van der Waals surface area contributed by atoms with Gasteiger partial charge in [0, 0.05) is 31.1 Å². The van der Waals surface area contributed by atoms with E-state index in [-0.39, 0.29) is 0 Å². The molecular formula is C16H24N2O3. The number of nitrogens with one attached hydrogen (secondary N) is 1. The summed E-state index contributed by atoms with van der Waals surface area (Å²) in [6.07, 6.45) is 1.11. The lowest BCUT2D eigenvalue weighted by molar-refractivity contribution is 0.185. The fourth-order valence-corrected chi connectivity index (χ4v) is 3.32. The second-order valence-electron chi connectivity index (χ2n) is 5.66. The summed E-state index contributed by atoms with van der Waals surface area (Å²) in [5.74, 6) is 2.07. The van der Waals surface area contributed by atoms with Crippen LogP contribution in [-0.4, -0.2) is 46.6 Å². The Hall–Kier alpha value is -1.62. The maximum atomic E-state index is 5.70. The summed E-state index contributed by atoms with van der Waals surface area (Å²) < 4.78 is 16.6. The van der Waals surface area contributed by atoms with E-state index >= 15 is 0 Å². The smallest absolute Gasteiger partial charge is 0.162 e. The fourth-order valence-electron chi connectivity index (χ4n) is 3.32. The number of anilines is 2. The molecular weight excluding hydrogens is 268 g/mol. The third kappa shape index (κ3) is 2.50. The van der Waals surface area contributed by atoms with Gasteiger partial charge in [-0.05, 0) is 6.42 Å². The highest BCUT2D eigenvalue weighted by Crippen LogP contribution is 2.42. The predicted molar refractivity (Wildman–Crippen MR) is 83.8 cm³/mol. The van der Waals surface area contributed by atoms with Gasteiger partial charge in [-0.1, -0.05) is 6.92 Å². The highest BCUT2D eigenvalue weighted by Gasteiger charge is 2.36. The molecule has 0 saturated carbocycles. The highest BCUT2D eigenvalue weighted by atomic mass is 16.5. The van der Waals surface area contributed by atoms with Crippen LogP contribution >= 0.6 is 0 Å². The molecule has 116 valence electrons. The number of rotatable bonds is 4. The normalized spacial score (nSPS) is 23.9. The van der Waals surface area contributed by atoms with Crippen LogP contribution in [0, 0.1) is 5.92 Å². The maximum Gasteiger partial charge on any atom is 0.162 e. The summed E-state index contributed by atoms with van der Waals surface area (Å²) in [4.78, 5) is 2.47. The fraction of sp³-hybridized carbons (Fsp3) is 0.625. The van der Waals surface area contributed by atoms with Gasteiger partial charge in [-0.15, -0.1) is 0 Å². The van der Waals surface area contributed by atoms with E-state index in [1.54, 1.807) is 14.2 Å². The zero-order valence-electron chi connectivity index (χ0n) is 13.0. The van der Waals surface area contributed by atoms with E-state index in [0.717, 1.165) is 49.9 Å². The second-order valence-corrected chi connectivity index (χ2v) is 5.66. The van der Waals surface area contributed by atoms with Gasteiger partial charge in [0.2, 0.25) is 0 Å². The molecule has 3 rings (SSSR count). The second kappa shape index (κ2) is 6.02. The molecule has 2 aliphatic rings. The van der Waals surface area contributed by atoms with Gasteiger partial charge in [0.05, 0.1) is 44.8 Å². The first-order chi connectivity index (χ1) is 10.3. The Balaban J connectivity index is 2.05. The minimum absolute atomic E-state index is 0.441. The van der Waals surface area contributed by atoms with Crippen LogP contribution in [-0.2, 0) is 4.74 Å². The minimum Gasteiger partial charge on any atom is -0.493 e. The standard InChI is InChI=1S/C16H24N2O3/c1-4-5-18-13-7-16(20-3)15(19-2)6-12(13)17-8-11-9-21-10-14(11)18/h6-7,11,14,17H,4-5,8-10H2,1-3H3. The average molecular weight is 292 g/mol. The van der Waals surface area contributed by atoms with Crippen LogP contribution in [0.5, 0.6) is 11.5 Å². The molecule has 1 fully saturated rings. The van der Waals surface area contributed by atoms with E-state index in [9.17, 15) is 0 Å². The van der Waals surface area contributed by atoms with Crippen molar-refractivity contribution in [3.63, 3.8) is 0 Å². The molecule has 2 unspecified atom stereocenters. The molecule has 2 aliphatic heterocycles. The van der Waals surface area contributed by atoms with Crippen molar-refractivity contribution < 1.29 is 14.2 Å². The van der Waals surface area contributed by atoms with Crippen LogP contribution in [0.15, 0.2) is 12.1 Å². The van der Waals surface area contributed by atoms with E-state index in [0.29, 0.717) is 12.0 Å². The van der Waals surface area contributed by atoms with E-state index in [1.807, 2.05) is 6.07 Å². The molecule has 5 heteroatoms. The van der Waals surface area contributed by atoms with Gasteiger partial charge in [-0.3, -0.25) is 0 Å². The van der Waals surface area contributed by atoms with Gasteiger partial charge >= 0.3 is 0 Å². The van der Waals surface area contributed by atoms with E-state index in [1.165, 1.54) is 5.69 Å². The Kier molecular flexibility index (Phi) is 4.10. The van der Waals surface area contributed by atoms with Crippen LogP contribution in [0.4, 0.5) is 11.4 Å². The van der Waals surface area contributed by atoms with Crippen molar-refractivity contribution in [3.8, 4) is 11.5 Å². The van der Waals surface area contributed by atoms with Crippen molar-refractivity contribution in [1.82, 2.24) is 0 Å². The summed E-state index contributed by atoms with van der Waals surface area (Å²) in [6, 6.07) is 4.56. The molecule has 1 N–H and O–H groups in total. The van der Waals surface area contributed by atoms with Crippen LogP contribution in [0.25, 0.3) is 0 Å². The topological polar surface area (TPSA) is 43.0 Å². The van der Waals surface area contributed by atoms with Crippen molar-refractivity contribution in [3.05, 3.63) is 12.1 Å². The number of benzene rings is 1. The molecule has 0 radical (unpaired) electrons. The highest BCUT2D eigenvalue weighted by molar-refractivity contribution is 5.76. The first-order valence-corrected chi connectivity index (χ1v) is 7.62. The van der Waals surface area contributed by atoms with E-state index < -0.39 is 0 Å². The maximum absolute atomic E-state index is 5.70. The predicted octanol–water partition coefficient (Wildman–Crippen LogP) is 2.36. The minimum atomic E-state index is 0.441. The number of fused-ring (bicyclic) bond motifs is 2. The molecule has 21 heavy (non-hydrogen) atoms.